The molecule has 0 aliphatic carbocycles. The van der Waals surface area contributed by atoms with Crippen molar-refractivity contribution in [3.05, 3.63) is 18.5 Å². The van der Waals surface area contributed by atoms with E-state index in [1.807, 2.05) is 11.8 Å². The van der Waals surface area contributed by atoms with E-state index in [2.05, 4.69) is 14.9 Å². The standard InChI is InChI=1S/C13H19N5OS/c1-2-10(11(14)20)12(19)17-6-8-18(9-7-17)13-15-4-3-5-16-13/h3-5,10H,2,6-9H2,1H3,(H2,14,20). The number of aromatic nitrogens is 2. The lowest BCUT2D eigenvalue weighted by Gasteiger charge is -2.36. The average molecular weight is 293 g/mol. The number of piperazine rings is 1. The second-order valence-electron chi connectivity index (χ2n) is 4.72. The highest BCUT2D eigenvalue weighted by Crippen LogP contribution is 2.14. The Morgan fingerprint density at radius 2 is 1.95 bits per heavy atom. The SMILES string of the molecule is CCC(C(=O)N1CCN(c2ncccn2)CC1)C(N)=S. The van der Waals surface area contributed by atoms with Gasteiger partial charge in [-0.3, -0.25) is 4.79 Å². The van der Waals surface area contributed by atoms with Crippen LogP contribution >= 0.6 is 12.2 Å². The number of rotatable bonds is 4. The van der Waals surface area contributed by atoms with Crippen LogP contribution in [0.3, 0.4) is 0 Å². The van der Waals surface area contributed by atoms with E-state index in [4.69, 9.17) is 18.0 Å². The molecule has 2 N–H and O–H groups in total. The van der Waals surface area contributed by atoms with E-state index in [1.54, 1.807) is 18.5 Å². The molecule has 108 valence electrons. The van der Waals surface area contributed by atoms with Crippen LogP contribution in [0.15, 0.2) is 18.5 Å². The number of hydrogen-bond donors (Lipinski definition) is 1. The Morgan fingerprint density at radius 3 is 2.45 bits per heavy atom. The van der Waals surface area contributed by atoms with E-state index in [1.165, 1.54) is 0 Å². The minimum atomic E-state index is -0.343. The van der Waals surface area contributed by atoms with Gasteiger partial charge in [-0.25, -0.2) is 9.97 Å². The molecule has 0 aromatic carbocycles. The maximum atomic E-state index is 12.3. The van der Waals surface area contributed by atoms with Crippen LogP contribution in [0.1, 0.15) is 13.3 Å². The Labute approximate surface area is 124 Å². The minimum absolute atomic E-state index is 0.0358. The summed E-state index contributed by atoms with van der Waals surface area (Å²) in [5, 5.41) is 0. The summed E-state index contributed by atoms with van der Waals surface area (Å²) in [6.45, 7) is 4.68. The second-order valence-corrected chi connectivity index (χ2v) is 5.20. The fraction of sp³-hybridized carbons (Fsp3) is 0.538. The summed E-state index contributed by atoms with van der Waals surface area (Å²) in [5.74, 6) is 0.402. The number of nitrogens with two attached hydrogens (primary N) is 1. The molecule has 2 heterocycles. The van der Waals surface area contributed by atoms with Crippen LogP contribution in [-0.4, -0.2) is 51.9 Å². The Morgan fingerprint density at radius 1 is 1.35 bits per heavy atom. The lowest BCUT2D eigenvalue weighted by atomic mass is 10.0. The Hall–Kier alpha value is -1.76. The first-order valence-electron chi connectivity index (χ1n) is 6.73. The van der Waals surface area contributed by atoms with Crippen molar-refractivity contribution in [2.24, 2.45) is 11.7 Å². The van der Waals surface area contributed by atoms with Crippen molar-refractivity contribution in [1.29, 1.82) is 0 Å². The van der Waals surface area contributed by atoms with Crippen LogP contribution in [-0.2, 0) is 4.79 Å². The third-order valence-electron chi connectivity index (χ3n) is 3.48. The van der Waals surface area contributed by atoms with Gasteiger partial charge in [-0.1, -0.05) is 19.1 Å². The summed E-state index contributed by atoms with van der Waals surface area (Å²) in [4.78, 5) is 25.0. The third kappa shape index (κ3) is 3.22. The fourth-order valence-corrected chi connectivity index (χ4v) is 2.57. The molecule has 1 fully saturated rings. The summed E-state index contributed by atoms with van der Waals surface area (Å²) in [6, 6.07) is 1.79. The van der Waals surface area contributed by atoms with Crippen molar-refractivity contribution in [1.82, 2.24) is 14.9 Å². The van der Waals surface area contributed by atoms with Gasteiger partial charge >= 0.3 is 0 Å². The largest absolute Gasteiger partial charge is 0.393 e. The van der Waals surface area contributed by atoms with E-state index in [9.17, 15) is 4.79 Å². The number of carbonyl (C=O) groups excluding carboxylic acids is 1. The normalized spacial score (nSPS) is 16.9. The highest BCUT2D eigenvalue weighted by molar-refractivity contribution is 7.80. The lowest BCUT2D eigenvalue weighted by Crippen LogP contribution is -2.52. The first-order chi connectivity index (χ1) is 9.63. The number of nitrogens with zero attached hydrogens (tertiary/aromatic N) is 4. The molecule has 20 heavy (non-hydrogen) atoms. The molecule has 1 unspecified atom stereocenters. The maximum Gasteiger partial charge on any atom is 0.232 e. The van der Waals surface area contributed by atoms with E-state index in [-0.39, 0.29) is 16.8 Å². The second kappa shape index (κ2) is 6.60. The first-order valence-corrected chi connectivity index (χ1v) is 7.14. The predicted molar refractivity (Wildman–Crippen MR) is 81.4 cm³/mol. The van der Waals surface area contributed by atoms with Crippen LogP contribution in [0.25, 0.3) is 0 Å². The summed E-state index contributed by atoms with van der Waals surface area (Å²) in [6.07, 6.45) is 4.09. The van der Waals surface area contributed by atoms with E-state index in [0.29, 0.717) is 25.5 Å². The predicted octanol–water partition coefficient (Wildman–Crippen LogP) is 0.437. The first kappa shape index (κ1) is 14.6. The number of thiocarbonyl (C=S) groups is 1. The van der Waals surface area contributed by atoms with Crippen molar-refractivity contribution in [3.63, 3.8) is 0 Å². The van der Waals surface area contributed by atoms with Gasteiger partial charge < -0.3 is 15.5 Å². The number of carbonyl (C=O) groups is 1. The molecule has 1 aromatic rings. The van der Waals surface area contributed by atoms with Gasteiger partial charge in [0.15, 0.2) is 0 Å². The molecule has 2 rings (SSSR count). The molecule has 1 aliphatic rings. The Balaban J connectivity index is 1.94. The topological polar surface area (TPSA) is 75.4 Å². The van der Waals surface area contributed by atoms with E-state index >= 15 is 0 Å². The minimum Gasteiger partial charge on any atom is -0.393 e. The molecule has 0 radical (unpaired) electrons. The van der Waals surface area contributed by atoms with Crippen molar-refractivity contribution in [2.75, 3.05) is 31.1 Å². The summed E-state index contributed by atoms with van der Waals surface area (Å²) in [7, 11) is 0. The number of hydrogen-bond acceptors (Lipinski definition) is 5. The van der Waals surface area contributed by atoms with Crippen molar-refractivity contribution in [2.45, 2.75) is 13.3 Å². The molecule has 1 aliphatic heterocycles. The maximum absolute atomic E-state index is 12.3. The summed E-state index contributed by atoms with van der Waals surface area (Å²) >= 11 is 4.96. The molecule has 0 saturated carbocycles. The van der Waals surface area contributed by atoms with E-state index < -0.39 is 0 Å². The van der Waals surface area contributed by atoms with Gasteiger partial charge in [0, 0.05) is 38.6 Å². The highest BCUT2D eigenvalue weighted by atomic mass is 32.1. The van der Waals surface area contributed by atoms with Crippen LogP contribution < -0.4 is 10.6 Å². The molecule has 7 heteroatoms. The molecular formula is C13H19N5OS. The monoisotopic (exact) mass is 293 g/mol. The highest BCUT2D eigenvalue weighted by Gasteiger charge is 2.28. The molecule has 1 aromatic heterocycles. The molecule has 1 saturated heterocycles. The quantitative estimate of drug-likeness (QED) is 0.812. The van der Waals surface area contributed by atoms with Gasteiger partial charge in [0.1, 0.15) is 0 Å². The van der Waals surface area contributed by atoms with Crippen LogP contribution in [0, 0.1) is 5.92 Å². The summed E-state index contributed by atoms with van der Waals surface area (Å²) < 4.78 is 0. The number of amides is 1. The fourth-order valence-electron chi connectivity index (χ4n) is 2.30. The van der Waals surface area contributed by atoms with Gasteiger partial charge in [-0.15, -0.1) is 0 Å². The van der Waals surface area contributed by atoms with Gasteiger partial charge in [0.05, 0.1) is 10.9 Å². The zero-order valence-electron chi connectivity index (χ0n) is 11.5. The van der Waals surface area contributed by atoms with Crippen molar-refractivity contribution < 1.29 is 4.79 Å². The smallest absolute Gasteiger partial charge is 0.232 e. The third-order valence-corrected chi connectivity index (χ3v) is 3.76. The Bertz CT molecular complexity index is 473. The molecular weight excluding hydrogens is 274 g/mol. The van der Waals surface area contributed by atoms with Crippen LogP contribution in [0.5, 0.6) is 0 Å². The average Bonchev–Trinajstić information content (AvgIpc) is 2.48. The van der Waals surface area contributed by atoms with Crippen molar-refractivity contribution >= 4 is 29.1 Å². The zero-order valence-corrected chi connectivity index (χ0v) is 12.3. The van der Waals surface area contributed by atoms with Gasteiger partial charge in [0.2, 0.25) is 11.9 Å². The lowest BCUT2D eigenvalue weighted by molar-refractivity contribution is -0.133. The van der Waals surface area contributed by atoms with Crippen LogP contribution in [0.2, 0.25) is 0 Å². The van der Waals surface area contributed by atoms with Crippen LogP contribution in [0.4, 0.5) is 5.95 Å². The molecule has 1 atom stereocenters. The molecule has 0 spiro atoms. The van der Waals surface area contributed by atoms with Gasteiger partial charge in [-0.2, -0.15) is 0 Å². The molecule has 6 nitrogen and oxygen atoms in total. The van der Waals surface area contributed by atoms with Gasteiger partial charge in [-0.05, 0) is 12.5 Å². The number of anilines is 1. The molecule has 0 bridgehead atoms. The Kier molecular flexibility index (Phi) is 4.84. The summed E-state index contributed by atoms with van der Waals surface area (Å²) in [5.41, 5.74) is 5.63. The molecule has 1 amide bonds. The van der Waals surface area contributed by atoms with E-state index in [0.717, 1.165) is 13.1 Å². The van der Waals surface area contributed by atoms with Crippen molar-refractivity contribution in [3.8, 4) is 0 Å². The van der Waals surface area contributed by atoms with Gasteiger partial charge in [0.25, 0.3) is 0 Å². The zero-order chi connectivity index (χ0) is 14.5.